The molecule has 4 heterocycles. The van der Waals surface area contributed by atoms with Crippen LogP contribution >= 0.6 is 0 Å². The Kier molecular flexibility index (Phi) is 8.50. The summed E-state index contributed by atoms with van der Waals surface area (Å²) in [5, 5.41) is 14.0. The highest BCUT2D eigenvalue weighted by molar-refractivity contribution is 5.93. The number of nitrogens with zero attached hydrogens (tertiary/aromatic N) is 5. The third-order valence-electron chi connectivity index (χ3n) is 7.59. The molecule has 0 unspecified atom stereocenters. The number of nitrogens with one attached hydrogen (secondary N) is 2. The second kappa shape index (κ2) is 12.4. The number of carbonyl (C=O) groups excluding carboxylic acids is 4. The Morgan fingerprint density at radius 3 is 2.64 bits per heavy atom. The fraction of sp³-hybridized carbons (Fsp3) is 0.556. The van der Waals surface area contributed by atoms with Gasteiger partial charge in [0.1, 0.15) is 17.8 Å². The number of amides is 4. The average Bonchev–Trinajstić information content (AvgIpc) is 3.42. The Bertz CT molecular complexity index is 1180. The van der Waals surface area contributed by atoms with Gasteiger partial charge in [-0.2, -0.15) is 0 Å². The van der Waals surface area contributed by atoms with E-state index in [1.807, 2.05) is 30.3 Å². The first-order valence-corrected chi connectivity index (χ1v) is 13.6. The molecule has 2 N–H and O–H groups in total. The summed E-state index contributed by atoms with van der Waals surface area (Å²) in [6, 6.07) is 7.75. The number of aromatic nitrogens is 3. The van der Waals surface area contributed by atoms with E-state index in [9.17, 15) is 19.2 Å². The fourth-order valence-corrected chi connectivity index (χ4v) is 5.42. The lowest BCUT2D eigenvalue weighted by atomic mass is 9.97. The van der Waals surface area contributed by atoms with Gasteiger partial charge in [-0.05, 0) is 24.8 Å². The zero-order valence-corrected chi connectivity index (χ0v) is 22.0. The van der Waals surface area contributed by atoms with Crippen LogP contribution in [0, 0.1) is 5.92 Å². The van der Waals surface area contributed by atoms with Gasteiger partial charge in [0, 0.05) is 51.6 Å². The summed E-state index contributed by atoms with van der Waals surface area (Å²) in [4.78, 5) is 56.9. The van der Waals surface area contributed by atoms with Crippen LogP contribution in [0.15, 0.2) is 36.5 Å². The van der Waals surface area contributed by atoms with Gasteiger partial charge in [-0.25, -0.2) is 0 Å². The molecule has 3 aliphatic heterocycles. The summed E-state index contributed by atoms with van der Waals surface area (Å²) in [5.41, 5.74) is 1.48. The molecule has 0 spiro atoms. The normalized spacial score (nSPS) is 23.7. The topological polar surface area (TPSA) is 139 Å². The molecule has 1 aromatic heterocycles. The first-order valence-electron chi connectivity index (χ1n) is 13.6. The molecule has 12 nitrogen and oxygen atoms in total. The van der Waals surface area contributed by atoms with Crippen molar-refractivity contribution in [3.63, 3.8) is 0 Å². The van der Waals surface area contributed by atoms with E-state index >= 15 is 0 Å². The van der Waals surface area contributed by atoms with Crippen molar-refractivity contribution in [2.75, 3.05) is 32.8 Å². The summed E-state index contributed by atoms with van der Waals surface area (Å²) < 4.78 is 7.05. The largest absolute Gasteiger partial charge is 0.381 e. The molecule has 2 bridgehead atoms. The summed E-state index contributed by atoms with van der Waals surface area (Å²) >= 11 is 0. The lowest BCUT2D eigenvalue weighted by Crippen LogP contribution is -2.65. The molecule has 5 rings (SSSR count). The Morgan fingerprint density at radius 2 is 1.85 bits per heavy atom. The van der Waals surface area contributed by atoms with Crippen LogP contribution in [0.5, 0.6) is 0 Å². The summed E-state index contributed by atoms with van der Waals surface area (Å²) in [6.07, 6.45) is 4.09. The lowest BCUT2D eigenvalue weighted by Gasteiger charge is -2.43. The van der Waals surface area contributed by atoms with Crippen LogP contribution in [-0.4, -0.2) is 93.4 Å². The molecular weight excluding hydrogens is 502 g/mol. The molecule has 2 fully saturated rings. The van der Waals surface area contributed by atoms with E-state index in [2.05, 4.69) is 20.9 Å². The number of aryl methyl sites for hydroxylation is 1. The number of hydrogen-bond acceptors (Lipinski definition) is 7. The van der Waals surface area contributed by atoms with Crippen molar-refractivity contribution in [1.29, 1.82) is 0 Å². The van der Waals surface area contributed by atoms with Gasteiger partial charge in [-0.15, -0.1) is 5.10 Å². The van der Waals surface area contributed by atoms with Crippen LogP contribution in [0.3, 0.4) is 0 Å². The number of ether oxygens (including phenoxy) is 1. The Hall–Kier alpha value is -3.80. The molecule has 12 heteroatoms. The molecular formula is C27H35N7O5. The fourth-order valence-electron chi connectivity index (χ4n) is 5.42. The standard InChI is InChI=1S/C27H35N7O5/c35-24-7-4-10-33-17-21(30-31-33)16-28-25(36)23-18-32(26(37)20-8-13-39-14-9-20)11-12-34(23)27(38)22(29-24)15-19-5-2-1-3-6-19/h1-3,5-6,17,20,22-23H,4,7-16,18H2,(H,28,36)(H,29,35)/t22-,23+/m0/s1. The highest BCUT2D eigenvalue weighted by Crippen LogP contribution is 2.21. The highest BCUT2D eigenvalue weighted by Gasteiger charge is 2.41. The van der Waals surface area contributed by atoms with Crippen molar-refractivity contribution >= 4 is 23.6 Å². The Balaban J connectivity index is 1.41. The first kappa shape index (κ1) is 26.8. The monoisotopic (exact) mass is 537 g/mol. The predicted octanol–water partition coefficient (Wildman–Crippen LogP) is -0.118. The maximum atomic E-state index is 14.0. The van der Waals surface area contributed by atoms with Gasteiger partial charge < -0.3 is 25.2 Å². The molecule has 4 amide bonds. The molecule has 1 aromatic carbocycles. The number of rotatable bonds is 3. The zero-order valence-electron chi connectivity index (χ0n) is 22.0. The quantitative estimate of drug-likeness (QED) is 0.557. The van der Waals surface area contributed by atoms with Gasteiger partial charge in [0.15, 0.2) is 0 Å². The molecule has 0 radical (unpaired) electrons. The SMILES string of the molecule is O=C1CCCn2cc(nn2)CNC(=O)[C@H]2CN(C(=O)C3CCOCC3)CCN2C(=O)[C@H](Cc2ccccc2)N1. The molecule has 3 aliphatic rings. The third-order valence-corrected chi connectivity index (χ3v) is 7.59. The zero-order chi connectivity index (χ0) is 27.2. The number of piperazine rings is 1. The van der Waals surface area contributed by atoms with Gasteiger partial charge >= 0.3 is 0 Å². The smallest absolute Gasteiger partial charge is 0.246 e. The second-order valence-electron chi connectivity index (χ2n) is 10.3. The molecule has 2 aromatic rings. The number of hydrogen-bond donors (Lipinski definition) is 2. The van der Waals surface area contributed by atoms with Crippen molar-refractivity contribution in [3.05, 3.63) is 47.8 Å². The van der Waals surface area contributed by atoms with Crippen LogP contribution < -0.4 is 10.6 Å². The van der Waals surface area contributed by atoms with Gasteiger partial charge in [-0.1, -0.05) is 35.5 Å². The lowest BCUT2D eigenvalue weighted by molar-refractivity contribution is -0.152. The summed E-state index contributed by atoms with van der Waals surface area (Å²) in [5.74, 6) is -1.10. The van der Waals surface area contributed by atoms with Crippen molar-refractivity contribution in [2.45, 2.75) is 57.3 Å². The molecule has 0 aliphatic carbocycles. The second-order valence-corrected chi connectivity index (χ2v) is 10.3. The van der Waals surface area contributed by atoms with E-state index in [0.717, 1.165) is 5.56 Å². The highest BCUT2D eigenvalue weighted by atomic mass is 16.5. The van der Waals surface area contributed by atoms with E-state index in [1.54, 1.807) is 15.8 Å². The van der Waals surface area contributed by atoms with Crippen LogP contribution in [0.4, 0.5) is 0 Å². The number of carbonyl (C=O) groups is 4. The van der Waals surface area contributed by atoms with E-state index in [1.165, 1.54) is 4.90 Å². The molecule has 2 saturated heterocycles. The predicted molar refractivity (Wildman–Crippen MR) is 139 cm³/mol. The van der Waals surface area contributed by atoms with E-state index < -0.39 is 12.1 Å². The summed E-state index contributed by atoms with van der Waals surface area (Å²) in [6.45, 7) is 2.34. The number of fused-ring (bicyclic) bond motifs is 3. The van der Waals surface area contributed by atoms with Gasteiger partial charge in [0.2, 0.25) is 23.6 Å². The minimum Gasteiger partial charge on any atom is -0.381 e. The minimum absolute atomic E-state index is 0.00817. The van der Waals surface area contributed by atoms with Gasteiger partial charge in [0.05, 0.1) is 19.3 Å². The van der Waals surface area contributed by atoms with Crippen LogP contribution in [0.1, 0.15) is 36.9 Å². The Morgan fingerprint density at radius 1 is 1.05 bits per heavy atom. The Labute approximate surface area is 227 Å². The van der Waals surface area contributed by atoms with E-state index in [4.69, 9.17) is 4.74 Å². The maximum Gasteiger partial charge on any atom is 0.246 e. The van der Waals surface area contributed by atoms with Gasteiger partial charge in [0.25, 0.3) is 0 Å². The van der Waals surface area contributed by atoms with Crippen molar-refractivity contribution < 1.29 is 23.9 Å². The third kappa shape index (κ3) is 6.62. The molecule has 39 heavy (non-hydrogen) atoms. The van der Waals surface area contributed by atoms with Crippen LogP contribution in [0.25, 0.3) is 0 Å². The van der Waals surface area contributed by atoms with E-state index in [-0.39, 0.29) is 55.6 Å². The maximum absolute atomic E-state index is 14.0. The minimum atomic E-state index is -0.898. The summed E-state index contributed by atoms with van der Waals surface area (Å²) in [7, 11) is 0. The molecule has 0 saturated carbocycles. The van der Waals surface area contributed by atoms with Crippen molar-refractivity contribution in [2.24, 2.45) is 5.92 Å². The van der Waals surface area contributed by atoms with Crippen LogP contribution in [0.2, 0.25) is 0 Å². The average molecular weight is 538 g/mol. The van der Waals surface area contributed by atoms with Gasteiger partial charge in [-0.3, -0.25) is 23.9 Å². The first-order chi connectivity index (χ1) is 19.0. The molecule has 2 atom stereocenters. The van der Waals surface area contributed by atoms with Crippen molar-refractivity contribution in [1.82, 2.24) is 35.4 Å². The number of benzene rings is 1. The van der Waals surface area contributed by atoms with E-state index in [0.29, 0.717) is 57.7 Å². The molecule has 208 valence electrons. The van der Waals surface area contributed by atoms with Crippen molar-refractivity contribution in [3.8, 4) is 0 Å². The van der Waals surface area contributed by atoms with Crippen LogP contribution in [-0.2, 0) is 43.4 Å².